The smallest absolute Gasteiger partial charge is 0.135 e. The third-order valence-corrected chi connectivity index (χ3v) is 3.86. The van der Waals surface area contributed by atoms with Gasteiger partial charge >= 0.3 is 0 Å². The van der Waals surface area contributed by atoms with E-state index in [0.717, 1.165) is 22.3 Å². The number of halogens is 3. The number of furan rings is 1. The Kier molecular flexibility index (Phi) is 5.02. The molecule has 0 amide bonds. The molecular weight excluding hydrogens is 333 g/mol. The molecule has 2 nitrogen and oxygen atoms in total. The van der Waals surface area contributed by atoms with Gasteiger partial charge in [0.1, 0.15) is 11.6 Å². The van der Waals surface area contributed by atoms with E-state index >= 15 is 0 Å². The van der Waals surface area contributed by atoms with Crippen LogP contribution in [0.5, 0.6) is 0 Å². The zero-order chi connectivity index (χ0) is 13.8. The Bertz CT molecular complexity index is 558. The van der Waals surface area contributed by atoms with Gasteiger partial charge < -0.3 is 9.73 Å². The number of likely N-dealkylation sites (N-methyl/N-ethyl adjacent to an activating group) is 1. The van der Waals surface area contributed by atoms with Crippen molar-refractivity contribution in [3.63, 3.8) is 0 Å². The first-order valence-electron chi connectivity index (χ1n) is 6.02. The van der Waals surface area contributed by atoms with Crippen molar-refractivity contribution in [2.45, 2.75) is 19.4 Å². The molecule has 0 aliphatic heterocycles. The van der Waals surface area contributed by atoms with Crippen molar-refractivity contribution >= 4 is 27.5 Å². The second-order valence-electron chi connectivity index (χ2n) is 4.18. The molecule has 0 fully saturated rings. The zero-order valence-corrected chi connectivity index (χ0v) is 12.8. The number of hydrogen-bond acceptors (Lipinski definition) is 2. The molecule has 1 unspecified atom stereocenters. The molecule has 1 atom stereocenters. The summed E-state index contributed by atoms with van der Waals surface area (Å²) in [6, 6.07) is 6.31. The minimum atomic E-state index is -0.326. The van der Waals surface area contributed by atoms with E-state index in [1.807, 2.05) is 13.0 Å². The molecule has 1 aromatic carbocycles. The van der Waals surface area contributed by atoms with Crippen molar-refractivity contribution in [3.8, 4) is 0 Å². The zero-order valence-electron chi connectivity index (χ0n) is 10.4. The fourth-order valence-corrected chi connectivity index (χ4v) is 2.69. The van der Waals surface area contributed by atoms with E-state index in [4.69, 9.17) is 16.0 Å². The molecule has 5 heteroatoms. The summed E-state index contributed by atoms with van der Waals surface area (Å²) in [7, 11) is 0. The van der Waals surface area contributed by atoms with Gasteiger partial charge in [0, 0.05) is 5.02 Å². The summed E-state index contributed by atoms with van der Waals surface area (Å²) < 4.78 is 19.4. The highest BCUT2D eigenvalue weighted by Crippen LogP contribution is 2.29. The van der Waals surface area contributed by atoms with Crippen molar-refractivity contribution in [2.75, 3.05) is 6.54 Å². The molecule has 2 rings (SSSR count). The number of hydrogen-bond donors (Lipinski definition) is 1. The number of benzene rings is 1. The number of nitrogens with one attached hydrogen (secondary N) is 1. The molecule has 0 spiro atoms. The second kappa shape index (κ2) is 6.55. The Hall–Kier alpha value is -0.840. The van der Waals surface area contributed by atoms with Gasteiger partial charge in [0.25, 0.3) is 0 Å². The molecule has 0 aliphatic carbocycles. The molecule has 2 aromatic rings. The SMILES string of the molecule is CCNC(Cc1ccc(F)cc1Cl)c1occc1Br. The van der Waals surface area contributed by atoms with Crippen molar-refractivity contribution in [2.24, 2.45) is 0 Å². The van der Waals surface area contributed by atoms with E-state index in [0.29, 0.717) is 11.4 Å². The van der Waals surface area contributed by atoms with E-state index in [2.05, 4.69) is 21.2 Å². The monoisotopic (exact) mass is 345 g/mol. The van der Waals surface area contributed by atoms with Gasteiger partial charge in [0.2, 0.25) is 0 Å². The molecule has 0 radical (unpaired) electrons. The van der Waals surface area contributed by atoms with E-state index < -0.39 is 0 Å². The predicted octanol–water partition coefficient (Wildman–Crippen LogP) is 4.73. The van der Waals surface area contributed by atoms with Crippen molar-refractivity contribution in [1.29, 1.82) is 0 Å². The molecule has 0 saturated heterocycles. The molecule has 0 aliphatic rings. The van der Waals surface area contributed by atoms with Crippen LogP contribution in [0.1, 0.15) is 24.3 Å². The molecular formula is C14H14BrClFNO. The summed E-state index contributed by atoms with van der Waals surface area (Å²) in [5, 5.41) is 3.78. The van der Waals surface area contributed by atoms with Crippen molar-refractivity contribution in [3.05, 3.63) is 57.2 Å². The van der Waals surface area contributed by atoms with Crippen LogP contribution in [0, 0.1) is 5.82 Å². The molecule has 1 heterocycles. The minimum Gasteiger partial charge on any atom is -0.466 e. The van der Waals surface area contributed by atoms with Crippen LogP contribution in [-0.4, -0.2) is 6.54 Å². The summed E-state index contributed by atoms with van der Waals surface area (Å²) in [6.45, 7) is 2.83. The Morgan fingerprint density at radius 1 is 1.42 bits per heavy atom. The van der Waals surface area contributed by atoms with E-state index in [1.54, 1.807) is 12.3 Å². The molecule has 0 saturated carbocycles. The Morgan fingerprint density at radius 3 is 2.79 bits per heavy atom. The van der Waals surface area contributed by atoms with Crippen LogP contribution in [-0.2, 0) is 6.42 Å². The first kappa shape index (κ1) is 14.6. The Balaban J connectivity index is 2.24. The summed E-state index contributed by atoms with van der Waals surface area (Å²) in [6.07, 6.45) is 2.27. The molecule has 0 bridgehead atoms. The van der Waals surface area contributed by atoms with Gasteiger partial charge in [-0.15, -0.1) is 0 Å². The minimum absolute atomic E-state index is 0.00247. The summed E-state index contributed by atoms with van der Waals surface area (Å²) in [4.78, 5) is 0. The molecule has 19 heavy (non-hydrogen) atoms. The first-order valence-corrected chi connectivity index (χ1v) is 7.19. The van der Waals surface area contributed by atoms with Crippen molar-refractivity contribution in [1.82, 2.24) is 5.32 Å². The molecule has 1 aromatic heterocycles. The van der Waals surface area contributed by atoms with Gasteiger partial charge in [-0.1, -0.05) is 24.6 Å². The quantitative estimate of drug-likeness (QED) is 0.847. The van der Waals surface area contributed by atoms with Crippen LogP contribution in [0.15, 0.2) is 39.4 Å². The van der Waals surface area contributed by atoms with Gasteiger partial charge in [0.15, 0.2) is 0 Å². The predicted molar refractivity (Wildman–Crippen MR) is 77.9 cm³/mol. The molecule has 102 valence electrons. The van der Waals surface area contributed by atoms with E-state index in [-0.39, 0.29) is 11.9 Å². The lowest BCUT2D eigenvalue weighted by atomic mass is 10.0. The highest BCUT2D eigenvalue weighted by Gasteiger charge is 2.18. The van der Waals surface area contributed by atoms with Gasteiger partial charge in [-0.25, -0.2) is 4.39 Å². The summed E-state index contributed by atoms with van der Waals surface area (Å²) >= 11 is 9.52. The van der Waals surface area contributed by atoms with Crippen LogP contribution < -0.4 is 5.32 Å². The van der Waals surface area contributed by atoms with Crippen LogP contribution in [0.2, 0.25) is 5.02 Å². The third kappa shape index (κ3) is 3.59. The fourth-order valence-electron chi connectivity index (χ4n) is 1.97. The summed E-state index contributed by atoms with van der Waals surface area (Å²) in [5.41, 5.74) is 0.886. The maximum absolute atomic E-state index is 13.0. The lowest BCUT2D eigenvalue weighted by molar-refractivity contribution is 0.414. The average Bonchev–Trinajstić information content (AvgIpc) is 2.78. The fraction of sp³-hybridized carbons (Fsp3) is 0.286. The average molecular weight is 347 g/mol. The standard InChI is InChI=1S/C14H14BrClFNO/c1-2-18-13(14-11(15)5-6-19-14)7-9-3-4-10(17)8-12(9)16/h3-6,8,13,18H,2,7H2,1H3. The maximum Gasteiger partial charge on any atom is 0.135 e. The van der Waals surface area contributed by atoms with Gasteiger partial charge in [-0.2, -0.15) is 0 Å². The van der Waals surface area contributed by atoms with Crippen LogP contribution >= 0.6 is 27.5 Å². The highest BCUT2D eigenvalue weighted by atomic mass is 79.9. The van der Waals surface area contributed by atoms with Gasteiger partial charge in [0.05, 0.1) is 16.8 Å². The van der Waals surface area contributed by atoms with Gasteiger partial charge in [-0.3, -0.25) is 0 Å². The summed E-state index contributed by atoms with van der Waals surface area (Å²) in [5.74, 6) is 0.496. The maximum atomic E-state index is 13.0. The lowest BCUT2D eigenvalue weighted by Crippen LogP contribution is -2.23. The molecule has 1 N–H and O–H groups in total. The van der Waals surface area contributed by atoms with Crippen LogP contribution in [0.25, 0.3) is 0 Å². The third-order valence-electron chi connectivity index (χ3n) is 2.85. The number of rotatable bonds is 5. The largest absolute Gasteiger partial charge is 0.466 e. The topological polar surface area (TPSA) is 25.2 Å². The first-order chi connectivity index (χ1) is 9.11. The second-order valence-corrected chi connectivity index (χ2v) is 5.44. The normalized spacial score (nSPS) is 12.6. The van der Waals surface area contributed by atoms with Crippen LogP contribution in [0.4, 0.5) is 4.39 Å². The Labute approximate surface area is 125 Å². The van der Waals surface area contributed by atoms with Gasteiger partial charge in [-0.05, 0) is 52.7 Å². The van der Waals surface area contributed by atoms with E-state index in [9.17, 15) is 4.39 Å². The highest BCUT2D eigenvalue weighted by molar-refractivity contribution is 9.10. The van der Waals surface area contributed by atoms with Crippen LogP contribution in [0.3, 0.4) is 0 Å². The van der Waals surface area contributed by atoms with E-state index in [1.165, 1.54) is 12.1 Å². The lowest BCUT2D eigenvalue weighted by Gasteiger charge is -2.17. The van der Waals surface area contributed by atoms with Crippen molar-refractivity contribution < 1.29 is 8.81 Å². The Morgan fingerprint density at radius 2 is 2.21 bits per heavy atom.